The van der Waals surface area contributed by atoms with Gasteiger partial charge in [-0.1, -0.05) is 41.9 Å². The summed E-state index contributed by atoms with van der Waals surface area (Å²) in [5.41, 5.74) is 2.85. The maximum Gasteiger partial charge on any atom is 0.335 e. The minimum atomic E-state index is -1.12. The van der Waals surface area contributed by atoms with Crippen molar-refractivity contribution in [2.75, 3.05) is 5.01 Å². The van der Waals surface area contributed by atoms with E-state index in [9.17, 15) is 24.5 Å². The number of hydrazine groups is 1. The van der Waals surface area contributed by atoms with Crippen LogP contribution in [0.3, 0.4) is 0 Å². The maximum absolute atomic E-state index is 12.8. The predicted molar refractivity (Wildman–Crippen MR) is 126 cm³/mol. The molecule has 10 nitrogen and oxygen atoms in total. The van der Waals surface area contributed by atoms with Crippen molar-refractivity contribution in [2.45, 2.75) is 6.61 Å². The van der Waals surface area contributed by atoms with Crippen LogP contribution in [0, 0.1) is 10.1 Å². The lowest BCUT2D eigenvalue weighted by molar-refractivity contribution is -0.385. The molecule has 0 aromatic heterocycles. The van der Waals surface area contributed by atoms with E-state index in [1.807, 2.05) is 0 Å². The van der Waals surface area contributed by atoms with E-state index in [1.54, 1.807) is 36.4 Å². The molecule has 3 aromatic rings. The van der Waals surface area contributed by atoms with Gasteiger partial charge in [0.15, 0.2) is 0 Å². The molecule has 2 N–H and O–H groups in total. The third-order valence-corrected chi connectivity index (χ3v) is 5.30. The zero-order valence-corrected chi connectivity index (χ0v) is 18.6. The first-order chi connectivity index (χ1) is 16.7. The van der Waals surface area contributed by atoms with Gasteiger partial charge in [0.25, 0.3) is 11.8 Å². The number of rotatable bonds is 7. The molecule has 2 amide bonds. The molecule has 0 radical (unpaired) electrons. The first kappa shape index (κ1) is 23.5. The molecular weight excluding hydrogens is 478 g/mol. The van der Waals surface area contributed by atoms with Gasteiger partial charge in [0, 0.05) is 6.07 Å². The summed E-state index contributed by atoms with van der Waals surface area (Å²) in [6.45, 7) is -0.172. The number of hydrogen-bond acceptors (Lipinski definition) is 6. The number of carboxylic acid groups (broad SMARTS) is 1. The summed E-state index contributed by atoms with van der Waals surface area (Å²) in [4.78, 5) is 47.3. The molecule has 4 rings (SSSR count). The van der Waals surface area contributed by atoms with Crippen molar-refractivity contribution >= 4 is 46.8 Å². The van der Waals surface area contributed by atoms with Crippen molar-refractivity contribution in [1.82, 2.24) is 5.43 Å². The summed E-state index contributed by atoms with van der Waals surface area (Å²) in [5, 5.41) is 21.8. The average Bonchev–Trinajstić information content (AvgIpc) is 3.12. The van der Waals surface area contributed by atoms with Gasteiger partial charge in [0.1, 0.15) is 12.2 Å². The molecule has 0 spiro atoms. The number of halogens is 1. The molecule has 0 unspecified atom stereocenters. The van der Waals surface area contributed by atoms with Gasteiger partial charge in [0.2, 0.25) is 5.75 Å². The number of nitro groups is 1. The fourth-order valence-electron chi connectivity index (χ4n) is 3.39. The van der Waals surface area contributed by atoms with E-state index in [0.29, 0.717) is 11.3 Å². The van der Waals surface area contributed by atoms with Crippen LogP contribution in [-0.4, -0.2) is 27.8 Å². The third kappa shape index (κ3) is 4.97. The minimum Gasteiger partial charge on any atom is -0.481 e. The number of nitro benzene ring substituents is 1. The van der Waals surface area contributed by atoms with Crippen LogP contribution in [0.1, 0.15) is 21.5 Å². The highest BCUT2D eigenvalue weighted by Crippen LogP contribution is 2.37. The van der Waals surface area contributed by atoms with Gasteiger partial charge < -0.3 is 9.84 Å². The molecule has 1 aliphatic heterocycles. The normalized spacial score (nSPS) is 14.2. The summed E-state index contributed by atoms with van der Waals surface area (Å²) < 4.78 is 5.55. The highest BCUT2D eigenvalue weighted by molar-refractivity contribution is 6.33. The number of carbonyl (C=O) groups excluding carboxylic acids is 2. The zero-order chi connectivity index (χ0) is 25.1. The van der Waals surface area contributed by atoms with Crippen LogP contribution in [0.2, 0.25) is 5.02 Å². The summed E-state index contributed by atoms with van der Waals surface area (Å²) >= 11 is 6.26. The molecule has 1 fully saturated rings. The fourth-order valence-corrected chi connectivity index (χ4v) is 3.67. The fraction of sp³-hybridized carbons (Fsp3) is 0.0417. The van der Waals surface area contributed by atoms with E-state index in [-0.39, 0.29) is 34.1 Å². The molecule has 3 aromatic carbocycles. The molecule has 176 valence electrons. The van der Waals surface area contributed by atoms with E-state index in [0.717, 1.165) is 11.1 Å². The second-order valence-electron chi connectivity index (χ2n) is 7.38. The van der Waals surface area contributed by atoms with Crippen LogP contribution in [0.4, 0.5) is 11.4 Å². The van der Waals surface area contributed by atoms with Crippen LogP contribution in [0.5, 0.6) is 5.75 Å². The number of nitrogens with one attached hydrogen (secondary N) is 1. The Morgan fingerprint density at radius 1 is 1.11 bits per heavy atom. The van der Waals surface area contributed by atoms with Crippen molar-refractivity contribution < 1.29 is 29.2 Å². The number of benzene rings is 3. The standard InChI is InChI=1S/C24H16ClN3O7/c25-19-11-15(10-18-22(29)26-27(23(18)30)17-7-2-1-3-8-17)12-20(28(33)34)21(19)35-13-14-5-4-6-16(9-14)24(31)32/h1-12H,13H2,(H,26,29)(H,31,32)/b18-10-. The predicted octanol–water partition coefficient (Wildman–Crippen LogP) is 3.99. The Bertz CT molecular complexity index is 1390. The van der Waals surface area contributed by atoms with Crippen LogP contribution < -0.4 is 15.2 Å². The Morgan fingerprint density at radius 2 is 1.86 bits per heavy atom. The van der Waals surface area contributed by atoms with Crippen LogP contribution in [-0.2, 0) is 16.2 Å². The monoisotopic (exact) mass is 493 g/mol. The highest BCUT2D eigenvalue weighted by Gasteiger charge is 2.34. The quantitative estimate of drug-likeness (QED) is 0.219. The average molecular weight is 494 g/mol. The molecule has 1 saturated heterocycles. The summed E-state index contributed by atoms with van der Waals surface area (Å²) in [7, 11) is 0. The number of amides is 2. The number of para-hydroxylation sites is 1. The minimum absolute atomic E-state index is 0.0396. The Balaban J connectivity index is 1.62. The van der Waals surface area contributed by atoms with Gasteiger partial charge in [-0.15, -0.1) is 0 Å². The van der Waals surface area contributed by atoms with Crippen LogP contribution in [0.15, 0.2) is 72.3 Å². The second-order valence-corrected chi connectivity index (χ2v) is 7.78. The smallest absolute Gasteiger partial charge is 0.335 e. The first-order valence-electron chi connectivity index (χ1n) is 10.1. The molecule has 0 aliphatic carbocycles. The molecule has 11 heteroatoms. The van der Waals surface area contributed by atoms with Gasteiger partial charge in [-0.2, -0.15) is 0 Å². The number of nitrogens with zero attached hydrogens (tertiary/aromatic N) is 2. The number of anilines is 1. The van der Waals surface area contributed by atoms with Crippen molar-refractivity contribution in [2.24, 2.45) is 0 Å². The highest BCUT2D eigenvalue weighted by atomic mass is 35.5. The Hall–Kier alpha value is -4.70. The van der Waals surface area contributed by atoms with E-state index in [1.165, 1.54) is 30.3 Å². The lowest BCUT2D eigenvalue weighted by atomic mass is 10.1. The number of hydrogen-bond donors (Lipinski definition) is 2. The molecule has 1 heterocycles. The van der Waals surface area contributed by atoms with Crippen molar-refractivity contribution in [3.8, 4) is 5.75 Å². The molecule has 1 aliphatic rings. The first-order valence-corrected chi connectivity index (χ1v) is 10.5. The van der Waals surface area contributed by atoms with Crippen molar-refractivity contribution in [3.05, 3.63) is 104 Å². The SMILES string of the molecule is O=C1NN(c2ccccc2)C(=O)/C1=C\c1cc(Cl)c(OCc2cccc(C(=O)O)c2)c([N+](=O)[O-])c1. The lowest BCUT2D eigenvalue weighted by Gasteiger charge is -2.13. The van der Waals surface area contributed by atoms with Crippen LogP contribution in [0.25, 0.3) is 6.08 Å². The van der Waals surface area contributed by atoms with E-state index in [4.69, 9.17) is 21.4 Å². The number of carbonyl (C=O) groups is 3. The van der Waals surface area contributed by atoms with Crippen molar-refractivity contribution in [1.29, 1.82) is 0 Å². The van der Waals surface area contributed by atoms with Gasteiger partial charge in [-0.05, 0) is 47.5 Å². The molecular formula is C24H16ClN3O7. The Morgan fingerprint density at radius 3 is 2.54 bits per heavy atom. The largest absolute Gasteiger partial charge is 0.481 e. The summed E-state index contributed by atoms with van der Waals surface area (Å²) in [6, 6.07) is 16.8. The van der Waals surface area contributed by atoms with E-state index in [2.05, 4.69) is 5.43 Å². The van der Waals surface area contributed by atoms with Crippen molar-refractivity contribution in [3.63, 3.8) is 0 Å². The van der Waals surface area contributed by atoms with E-state index < -0.39 is 28.4 Å². The second kappa shape index (κ2) is 9.65. The lowest BCUT2D eigenvalue weighted by Crippen LogP contribution is -2.35. The maximum atomic E-state index is 12.8. The van der Waals surface area contributed by atoms with Gasteiger partial charge in [-0.25, -0.2) is 9.80 Å². The van der Waals surface area contributed by atoms with E-state index >= 15 is 0 Å². The molecule has 0 atom stereocenters. The topological polar surface area (TPSA) is 139 Å². The van der Waals surface area contributed by atoms with Crippen LogP contribution >= 0.6 is 11.6 Å². The summed E-state index contributed by atoms with van der Waals surface area (Å²) in [6.07, 6.45) is 1.21. The Labute approximate surface area is 203 Å². The van der Waals surface area contributed by atoms with Gasteiger partial charge >= 0.3 is 11.7 Å². The van der Waals surface area contributed by atoms with Gasteiger partial charge in [-0.3, -0.25) is 25.1 Å². The molecule has 0 bridgehead atoms. The zero-order valence-electron chi connectivity index (χ0n) is 17.8. The number of carboxylic acids is 1. The molecule has 35 heavy (non-hydrogen) atoms. The summed E-state index contributed by atoms with van der Waals surface area (Å²) in [5.74, 6) is -2.65. The van der Waals surface area contributed by atoms with Gasteiger partial charge in [0.05, 0.1) is 21.2 Å². The third-order valence-electron chi connectivity index (χ3n) is 5.02. The molecule has 0 saturated carbocycles. The Kier molecular flexibility index (Phi) is 6.47. The number of aromatic carboxylic acids is 1. The number of ether oxygens (including phenoxy) is 1.